The summed E-state index contributed by atoms with van der Waals surface area (Å²) < 4.78 is 25.2. The van der Waals surface area contributed by atoms with E-state index in [2.05, 4.69) is 19.2 Å². The second-order valence-electron chi connectivity index (χ2n) is 6.32. The van der Waals surface area contributed by atoms with Gasteiger partial charge in [0.05, 0.1) is 5.75 Å². The lowest BCUT2D eigenvalue weighted by molar-refractivity contribution is 0.0924. The van der Waals surface area contributed by atoms with E-state index in [0.717, 1.165) is 0 Å². The second kappa shape index (κ2) is 7.45. The van der Waals surface area contributed by atoms with Gasteiger partial charge in [-0.1, -0.05) is 26.0 Å². The zero-order chi connectivity index (χ0) is 17.0. The van der Waals surface area contributed by atoms with Crippen LogP contribution in [0, 0.1) is 0 Å². The number of piperidine rings is 1. The van der Waals surface area contributed by atoms with Crippen LogP contribution in [-0.4, -0.2) is 43.5 Å². The number of sulfonamides is 1. The minimum absolute atomic E-state index is 0.0376. The zero-order valence-electron chi connectivity index (χ0n) is 14.1. The number of benzene rings is 1. The molecule has 0 bridgehead atoms. The Morgan fingerprint density at radius 1 is 1.22 bits per heavy atom. The predicted octanol–water partition coefficient (Wildman–Crippen LogP) is 2.35. The van der Waals surface area contributed by atoms with Crippen LogP contribution in [0.15, 0.2) is 24.3 Å². The third kappa shape index (κ3) is 4.54. The number of amides is 1. The van der Waals surface area contributed by atoms with E-state index in [1.165, 1.54) is 9.87 Å². The second-order valence-corrected chi connectivity index (χ2v) is 8.58. The van der Waals surface area contributed by atoms with Crippen LogP contribution in [0.1, 0.15) is 55.5 Å². The smallest absolute Gasteiger partial charge is 0.251 e. The maximum atomic E-state index is 12.3. The highest BCUT2D eigenvalue weighted by molar-refractivity contribution is 7.89. The Hall–Kier alpha value is -1.40. The van der Waals surface area contributed by atoms with Crippen molar-refractivity contribution in [3.8, 4) is 0 Å². The lowest BCUT2D eigenvalue weighted by Gasteiger charge is -2.31. The first-order chi connectivity index (χ1) is 10.8. The fraction of sp³-hybridized carbons (Fsp3) is 0.588. The highest BCUT2D eigenvalue weighted by atomic mass is 32.2. The van der Waals surface area contributed by atoms with Crippen LogP contribution in [0.25, 0.3) is 0 Å². The van der Waals surface area contributed by atoms with E-state index in [9.17, 15) is 13.2 Å². The molecule has 1 saturated heterocycles. The third-order valence-electron chi connectivity index (χ3n) is 4.39. The van der Waals surface area contributed by atoms with Crippen molar-refractivity contribution in [1.82, 2.24) is 9.62 Å². The van der Waals surface area contributed by atoms with E-state index < -0.39 is 10.0 Å². The molecule has 0 aliphatic carbocycles. The Morgan fingerprint density at radius 2 is 1.78 bits per heavy atom. The fourth-order valence-corrected chi connectivity index (χ4v) is 3.88. The minimum atomic E-state index is -3.12. The largest absolute Gasteiger partial charge is 0.349 e. The quantitative estimate of drug-likeness (QED) is 0.896. The number of nitrogens with zero attached hydrogens (tertiary/aromatic N) is 1. The summed E-state index contributed by atoms with van der Waals surface area (Å²) in [6.07, 6.45) is 1.32. The Kier molecular flexibility index (Phi) is 5.81. The van der Waals surface area contributed by atoms with Gasteiger partial charge in [0.2, 0.25) is 10.0 Å². The van der Waals surface area contributed by atoms with E-state index in [1.54, 1.807) is 6.92 Å². The molecule has 1 N–H and O–H groups in total. The summed E-state index contributed by atoms with van der Waals surface area (Å²) in [5, 5.41) is 3.01. The van der Waals surface area contributed by atoms with Crippen LogP contribution in [0.4, 0.5) is 0 Å². The maximum Gasteiger partial charge on any atom is 0.251 e. The molecule has 0 unspecified atom stereocenters. The van der Waals surface area contributed by atoms with Crippen molar-refractivity contribution in [3.63, 3.8) is 0 Å². The van der Waals surface area contributed by atoms with Crippen molar-refractivity contribution in [2.75, 3.05) is 18.8 Å². The number of nitrogens with one attached hydrogen (secondary N) is 1. The van der Waals surface area contributed by atoms with Crippen LogP contribution in [-0.2, 0) is 10.0 Å². The predicted molar refractivity (Wildman–Crippen MR) is 92.1 cm³/mol. The van der Waals surface area contributed by atoms with Gasteiger partial charge in [-0.25, -0.2) is 12.7 Å². The summed E-state index contributed by atoms with van der Waals surface area (Å²) >= 11 is 0. The molecule has 1 amide bonds. The molecule has 1 aliphatic rings. The highest BCUT2D eigenvalue weighted by Crippen LogP contribution is 2.17. The molecule has 0 aromatic heterocycles. The fourth-order valence-electron chi connectivity index (χ4n) is 2.75. The summed E-state index contributed by atoms with van der Waals surface area (Å²) in [5.74, 6) is 0.487. The molecular formula is C17H26N2O3S. The molecular weight excluding hydrogens is 312 g/mol. The summed E-state index contributed by atoms with van der Waals surface area (Å²) in [5.41, 5.74) is 1.86. The van der Waals surface area contributed by atoms with Gasteiger partial charge in [0, 0.05) is 24.7 Å². The lowest BCUT2D eigenvalue weighted by atomic mass is 10.0. The molecule has 0 spiro atoms. The molecule has 1 fully saturated rings. The molecule has 1 aliphatic heterocycles. The summed E-state index contributed by atoms with van der Waals surface area (Å²) in [7, 11) is -3.12. The molecule has 23 heavy (non-hydrogen) atoms. The van der Waals surface area contributed by atoms with E-state index >= 15 is 0 Å². The molecule has 1 heterocycles. The molecule has 6 heteroatoms. The topological polar surface area (TPSA) is 66.5 Å². The number of hydrogen-bond acceptors (Lipinski definition) is 3. The van der Waals surface area contributed by atoms with Gasteiger partial charge in [-0.2, -0.15) is 0 Å². The maximum absolute atomic E-state index is 12.3. The highest BCUT2D eigenvalue weighted by Gasteiger charge is 2.27. The molecule has 0 saturated carbocycles. The van der Waals surface area contributed by atoms with Crippen molar-refractivity contribution in [1.29, 1.82) is 0 Å². The average molecular weight is 338 g/mol. The molecule has 2 rings (SSSR count). The van der Waals surface area contributed by atoms with Gasteiger partial charge in [-0.3, -0.25) is 4.79 Å². The molecule has 5 nitrogen and oxygen atoms in total. The summed E-state index contributed by atoms with van der Waals surface area (Å²) in [6.45, 7) is 6.85. The molecule has 0 radical (unpaired) electrons. The normalized spacial score (nSPS) is 17.4. The zero-order valence-corrected chi connectivity index (χ0v) is 14.9. The van der Waals surface area contributed by atoms with Crippen molar-refractivity contribution in [2.24, 2.45) is 0 Å². The van der Waals surface area contributed by atoms with Crippen LogP contribution < -0.4 is 5.32 Å². The molecule has 1 aromatic rings. The Bertz CT molecular complexity index is 630. The molecule has 128 valence electrons. The van der Waals surface area contributed by atoms with Crippen LogP contribution in [0.3, 0.4) is 0 Å². The van der Waals surface area contributed by atoms with E-state index in [0.29, 0.717) is 37.4 Å². The summed E-state index contributed by atoms with van der Waals surface area (Å²) in [4.78, 5) is 12.3. The first-order valence-electron chi connectivity index (χ1n) is 8.22. The number of rotatable bonds is 5. The Balaban J connectivity index is 1.90. The van der Waals surface area contributed by atoms with E-state index in [1.807, 2.05) is 24.3 Å². The monoisotopic (exact) mass is 338 g/mol. The molecule has 0 atom stereocenters. The van der Waals surface area contributed by atoms with Crippen molar-refractivity contribution in [2.45, 2.75) is 45.6 Å². The summed E-state index contributed by atoms with van der Waals surface area (Å²) in [6, 6.07) is 7.70. The third-order valence-corrected chi connectivity index (χ3v) is 6.27. The van der Waals surface area contributed by atoms with Gasteiger partial charge >= 0.3 is 0 Å². The van der Waals surface area contributed by atoms with Gasteiger partial charge in [0.25, 0.3) is 5.91 Å². The average Bonchev–Trinajstić information content (AvgIpc) is 2.55. The van der Waals surface area contributed by atoms with Crippen LogP contribution in [0.2, 0.25) is 0 Å². The van der Waals surface area contributed by atoms with Crippen molar-refractivity contribution in [3.05, 3.63) is 35.4 Å². The van der Waals surface area contributed by atoms with Crippen molar-refractivity contribution >= 4 is 15.9 Å². The Morgan fingerprint density at radius 3 is 2.26 bits per heavy atom. The minimum Gasteiger partial charge on any atom is -0.349 e. The first-order valence-corrected chi connectivity index (χ1v) is 9.83. The van der Waals surface area contributed by atoms with Gasteiger partial charge in [0.1, 0.15) is 0 Å². The van der Waals surface area contributed by atoms with Gasteiger partial charge in [-0.15, -0.1) is 0 Å². The van der Waals surface area contributed by atoms with Crippen molar-refractivity contribution < 1.29 is 13.2 Å². The standard InChI is InChI=1S/C17H26N2O3S/c1-4-23(21,22)19-11-9-16(10-12-19)18-17(20)15-7-5-14(6-8-15)13(2)3/h5-8,13,16H,4,9-12H2,1-3H3,(H,18,20). The van der Waals surface area contributed by atoms with E-state index in [-0.39, 0.29) is 17.7 Å². The molecule has 1 aromatic carbocycles. The van der Waals surface area contributed by atoms with Gasteiger partial charge in [-0.05, 0) is 43.4 Å². The van der Waals surface area contributed by atoms with Crippen LogP contribution in [0.5, 0.6) is 0 Å². The lowest BCUT2D eigenvalue weighted by Crippen LogP contribution is -2.46. The SMILES string of the molecule is CCS(=O)(=O)N1CCC(NC(=O)c2ccc(C(C)C)cc2)CC1. The Labute approximate surface area is 139 Å². The number of carbonyl (C=O) groups is 1. The van der Waals surface area contributed by atoms with Gasteiger partial charge < -0.3 is 5.32 Å². The van der Waals surface area contributed by atoms with Crippen LogP contribution >= 0.6 is 0 Å². The number of hydrogen-bond donors (Lipinski definition) is 1. The first kappa shape index (κ1) is 17.9. The van der Waals surface area contributed by atoms with Gasteiger partial charge in [0.15, 0.2) is 0 Å². The number of carbonyl (C=O) groups excluding carboxylic acids is 1. The van der Waals surface area contributed by atoms with E-state index in [4.69, 9.17) is 0 Å².